The highest BCUT2D eigenvalue weighted by molar-refractivity contribution is 5.91. The van der Waals surface area contributed by atoms with Gasteiger partial charge in [0, 0.05) is 24.1 Å². The molecule has 0 saturated carbocycles. The second kappa shape index (κ2) is 8.16. The fourth-order valence-corrected chi connectivity index (χ4v) is 3.09. The molecule has 1 amide bonds. The maximum Gasteiger partial charge on any atom is 0.321 e. The predicted molar refractivity (Wildman–Crippen MR) is 109 cm³/mol. The fraction of sp³-hybridized carbons (Fsp3) is 0.190. The molecule has 0 radical (unpaired) electrons. The summed E-state index contributed by atoms with van der Waals surface area (Å²) < 4.78 is 18.3. The number of ether oxygens (including phenoxy) is 3. The Morgan fingerprint density at radius 3 is 2.70 bits per heavy atom. The Kier molecular flexibility index (Phi) is 5.25. The zero-order valence-corrected chi connectivity index (χ0v) is 16.2. The van der Waals surface area contributed by atoms with Crippen molar-refractivity contribution in [2.24, 2.45) is 0 Å². The molecule has 0 fully saturated rings. The van der Waals surface area contributed by atoms with Crippen LogP contribution in [0.4, 0.5) is 5.69 Å². The highest BCUT2D eigenvalue weighted by Crippen LogP contribution is 2.34. The number of nitrogens with one attached hydrogen (secondary N) is 1. The average Bonchev–Trinajstić information content (AvgIpc) is 3.20. The fourth-order valence-electron chi connectivity index (χ4n) is 3.09. The average molecular weight is 409 g/mol. The van der Waals surface area contributed by atoms with Gasteiger partial charge < -0.3 is 19.5 Å². The standard InChI is InChI=1S/C21H19N3O6/c1-2-28-16-6-4-3-5-15(16)24-10-9-23(20(26)21(24)27)12-19(25)22-14-7-8-17-18(11-14)30-13-29-17/h3-11H,2,12-13H2,1H3,(H,22,25). The third-order valence-corrected chi connectivity index (χ3v) is 4.45. The van der Waals surface area contributed by atoms with E-state index in [4.69, 9.17) is 14.2 Å². The van der Waals surface area contributed by atoms with Crippen LogP contribution in [0.3, 0.4) is 0 Å². The van der Waals surface area contributed by atoms with Crippen molar-refractivity contribution in [1.29, 1.82) is 0 Å². The summed E-state index contributed by atoms with van der Waals surface area (Å²) in [6, 6.07) is 11.9. The number of carbonyl (C=O) groups is 1. The lowest BCUT2D eigenvalue weighted by molar-refractivity contribution is -0.116. The number of fused-ring (bicyclic) bond motifs is 1. The van der Waals surface area contributed by atoms with E-state index in [1.165, 1.54) is 17.0 Å². The van der Waals surface area contributed by atoms with Crippen LogP contribution in [0.15, 0.2) is 64.4 Å². The molecule has 9 heteroatoms. The highest BCUT2D eigenvalue weighted by atomic mass is 16.7. The second-order valence-corrected chi connectivity index (χ2v) is 6.42. The van der Waals surface area contributed by atoms with E-state index in [1.807, 2.05) is 6.92 Å². The lowest BCUT2D eigenvalue weighted by Crippen LogP contribution is -2.41. The Balaban J connectivity index is 1.55. The van der Waals surface area contributed by atoms with Crippen LogP contribution in [0.1, 0.15) is 6.92 Å². The molecule has 0 unspecified atom stereocenters. The molecule has 0 bridgehead atoms. The minimum Gasteiger partial charge on any atom is -0.492 e. The van der Waals surface area contributed by atoms with E-state index in [2.05, 4.69) is 5.32 Å². The van der Waals surface area contributed by atoms with Crippen molar-refractivity contribution in [3.63, 3.8) is 0 Å². The molecular formula is C21H19N3O6. The minimum atomic E-state index is -0.815. The smallest absolute Gasteiger partial charge is 0.321 e. The largest absolute Gasteiger partial charge is 0.492 e. The molecule has 1 aliphatic heterocycles. The third-order valence-electron chi connectivity index (χ3n) is 4.45. The Morgan fingerprint density at radius 1 is 1.07 bits per heavy atom. The van der Waals surface area contributed by atoms with Crippen molar-refractivity contribution < 1.29 is 19.0 Å². The lowest BCUT2D eigenvalue weighted by Gasteiger charge is -2.13. The third kappa shape index (κ3) is 3.77. The van der Waals surface area contributed by atoms with Gasteiger partial charge in [0.15, 0.2) is 11.5 Å². The SMILES string of the molecule is CCOc1ccccc1-n1ccn(CC(=O)Nc2ccc3c(c2)OCO3)c(=O)c1=O. The second-order valence-electron chi connectivity index (χ2n) is 6.42. The van der Waals surface area contributed by atoms with E-state index in [1.54, 1.807) is 42.5 Å². The van der Waals surface area contributed by atoms with Crippen LogP contribution in [-0.4, -0.2) is 28.4 Å². The monoisotopic (exact) mass is 409 g/mol. The van der Waals surface area contributed by atoms with Gasteiger partial charge >= 0.3 is 11.1 Å². The van der Waals surface area contributed by atoms with Gasteiger partial charge in [0.25, 0.3) is 0 Å². The van der Waals surface area contributed by atoms with Crippen LogP contribution in [-0.2, 0) is 11.3 Å². The van der Waals surface area contributed by atoms with E-state index in [9.17, 15) is 14.4 Å². The number of rotatable bonds is 6. The van der Waals surface area contributed by atoms with Gasteiger partial charge in [0.05, 0.1) is 12.3 Å². The number of hydrogen-bond acceptors (Lipinski definition) is 6. The van der Waals surface area contributed by atoms with Gasteiger partial charge in [0.2, 0.25) is 12.7 Å². The van der Waals surface area contributed by atoms with Crippen LogP contribution >= 0.6 is 0 Å². The van der Waals surface area contributed by atoms with Gasteiger partial charge in [-0.15, -0.1) is 0 Å². The Morgan fingerprint density at radius 2 is 1.87 bits per heavy atom. The van der Waals surface area contributed by atoms with Crippen molar-refractivity contribution >= 4 is 11.6 Å². The molecule has 4 rings (SSSR count). The molecule has 9 nitrogen and oxygen atoms in total. The number of benzene rings is 2. The number of nitrogens with zero attached hydrogens (tertiary/aromatic N) is 2. The normalized spacial score (nSPS) is 11.9. The predicted octanol–water partition coefficient (Wildman–Crippen LogP) is 1.77. The van der Waals surface area contributed by atoms with E-state index in [-0.39, 0.29) is 13.3 Å². The molecule has 154 valence electrons. The summed E-state index contributed by atoms with van der Waals surface area (Å²) in [7, 11) is 0. The topological polar surface area (TPSA) is 101 Å². The number of anilines is 1. The highest BCUT2D eigenvalue weighted by Gasteiger charge is 2.16. The van der Waals surface area contributed by atoms with Crippen molar-refractivity contribution in [3.8, 4) is 22.9 Å². The molecular weight excluding hydrogens is 390 g/mol. The summed E-state index contributed by atoms with van der Waals surface area (Å²) in [5.41, 5.74) is -0.639. The summed E-state index contributed by atoms with van der Waals surface area (Å²) in [4.78, 5) is 37.5. The van der Waals surface area contributed by atoms with Gasteiger partial charge in [-0.3, -0.25) is 23.5 Å². The maximum atomic E-state index is 12.6. The van der Waals surface area contributed by atoms with E-state index in [0.717, 1.165) is 4.57 Å². The molecule has 0 atom stereocenters. The van der Waals surface area contributed by atoms with Gasteiger partial charge in [-0.1, -0.05) is 12.1 Å². The van der Waals surface area contributed by atoms with Crippen molar-refractivity contribution in [3.05, 3.63) is 75.6 Å². The Bertz CT molecular complexity index is 1210. The van der Waals surface area contributed by atoms with Crippen LogP contribution in [0, 0.1) is 0 Å². The molecule has 2 aromatic carbocycles. The molecule has 0 aliphatic carbocycles. The first-order valence-corrected chi connectivity index (χ1v) is 9.30. The first-order chi connectivity index (χ1) is 14.6. The first-order valence-electron chi connectivity index (χ1n) is 9.30. The number of hydrogen-bond donors (Lipinski definition) is 1. The van der Waals surface area contributed by atoms with Crippen molar-refractivity contribution in [2.45, 2.75) is 13.5 Å². The molecule has 1 aromatic heterocycles. The zero-order chi connectivity index (χ0) is 21.1. The maximum absolute atomic E-state index is 12.6. The summed E-state index contributed by atoms with van der Waals surface area (Å²) in [5, 5.41) is 2.68. The van der Waals surface area contributed by atoms with E-state index >= 15 is 0 Å². The first kappa shape index (κ1) is 19.3. The molecule has 0 saturated heterocycles. The van der Waals surface area contributed by atoms with E-state index < -0.39 is 17.0 Å². The number of aromatic nitrogens is 2. The van der Waals surface area contributed by atoms with Gasteiger partial charge in [0.1, 0.15) is 12.3 Å². The quantitative estimate of drug-likeness (QED) is 0.623. The van der Waals surface area contributed by atoms with E-state index in [0.29, 0.717) is 35.2 Å². The van der Waals surface area contributed by atoms with Gasteiger partial charge in [-0.05, 0) is 31.2 Å². The number of carbonyl (C=O) groups excluding carboxylic acids is 1. The Labute approximate surface area is 171 Å². The number of amides is 1. The molecule has 0 spiro atoms. The number of para-hydroxylation sites is 2. The summed E-state index contributed by atoms with van der Waals surface area (Å²) in [6.07, 6.45) is 2.83. The molecule has 1 N–H and O–H groups in total. The molecule has 30 heavy (non-hydrogen) atoms. The summed E-state index contributed by atoms with van der Waals surface area (Å²) >= 11 is 0. The van der Waals surface area contributed by atoms with Crippen LogP contribution < -0.4 is 30.6 Å². The van der Waals surface area contributed by atoms with Crippen molar-refractivity contribution in [2.75, 3.05) is 18.7 Å². The molecule has 3 aromatic rings. The van der Waals surface area contributed by atoms with Crippen LogP contribution in [0.25, 0.3) is 5.69 Å². The minimum absolute atomic E-state index is 0.130. The Hall–Kier alpha value is -4.01. The zero-order valence-electron chi connectivity index (χ0n) is 16.2. The van der Waals surface area contributed by atoms with Crippen LogP contribution in [0.2, 0.25) is 0 Å². The van der Waals surface area contributed by atoms with Crippen LogP contribution in [0.5, 0.6) is 17.2 Å². The molecule has 1 aliphatic rings. The molecule has 2 heterocycles. The lowest BCUT2D eigenvalue weighted by atomic mass is 10.2. The van der Waals surface area contributed by atoms with Gasteiger partial charge in [-0.2, -0.15) is 0 Å². The summed E-state index contributed by atoms with van der Waals surface area (Å²) in [6.45, 7) is 2.07. The van der Waals surface area contributed by atoms with Gasteiger partial charge in [-0.25, -0.2) is 0 Å². The van der Waals surface area contributed by atoms with Crippen molar-refractivity contribution in [1.82, 2.24) is 9.13 Å². The summed E-state index contributed by atoms with van der Waals surface area (Å²) in [5.74, 6) is 1.16.